The molecule has 0 unspecified atom stereocenters. The summed E-state index contributed by atoms with van der Waals surface area (Å²) in [6.45, 7) is 0. The molecule has 13 heavy (non-hydrogen) atoms. The van der Waals surface area contributed by atoms with Gasteiger partial charge in [-0.15, -0.1) is 11.6 Å². The summed E-state index contributed by atoms with van der Waals surface area (Å²) in [6.07, 6.45) is 0.251. The van der Waals surface area contributed by atoms with Crippen molar-refractivity contribution in [2.24, 2.45) is 0 Å². The Kier molecular flexibility index (Phi) is 4.12. The number of Topliss-reactive ketones (excluding diaryl/α,β-unsaturated/α-hetero) is 1. The molecule has 1 aromatic rings. The van der Waals surface area contributed by atoms with Crippen LogP contribution in [0, 0.1) is 9.39 Å². The van der Waals surface area contributed by atoms with E-state index in [1.165, 1.54) is 12.1 Å². The lowest BCUT2D eigenvalue weighted by Gasteiger charge is -2.02. The van der Waals surface area contributed by atoms with Gasteiger partial charge in [0.15, 0.2) is 5.78 Å². The number of hydrogen-bond donors (Lipinski definition) is 0. The van der Waals surface area contributed by atoms with E-state index in [4.69, 9.17) is 11.6 Å². The Morgan fingerprint density at radius 2 is 2.23 bits per heavy atom. The van der Waals surface area contributed by atoms with E-state index in [1.54, 1.807) is 6.07 Å². The second-order valence-electron chi connectivity index (χ2n) is 2.46. The van der Waals surface area contributed by atoms with Crippen LogP contribution in [-0.2, 0) is 0 Å². The predicted molar refractivity (Wildman–Crippen MR) is 58.8 cm³/mol. The van der Waals surface area contributed by atoms with Crippen molar-refractivity contribution in [3.8, 4) is 0 Å². The van der Waals surface area contributed by atoms with Crippen LogP contribution in [-0.4, -0.2) is 11.7 Å². The third-order valence-corrected chi connectivity index (χ3v) is 2.86. The summed E-state index contributed by atoms with van der Waals surface area (Å²) >= 11 is 7.24. The van der Waals surface area contributed by atoms with Gasteiger partial charge < -0.3 is 0 Å². The smallest absolute Gasteiger partial charge is 0.165 e. The molecule has 4 heteroatoms. The first-order valence-electron chi connectivity index (χ1n) is 3.70. The van der Waals surface area contributed by atoms with Crippen LogP contribution in [0.3, 0.4) is 0 Å². The van der Waals surface area contributed by atoms with Crippen molar-refractivity contribution in [1.29, 1.82) is 0 Å². The lowest BCUT2D eigenvalue weighted by atomic mass is 10.1. The molecule has 0 aliphatic heterocycles. The molecule has 0 radical (unpaired) electrons. The molecule has 0 spiro atoms. The number of halogens is 3. The fourth-order valence-corrected chi connectivity index (χ4v) is 1.77. The standard InChI is InChI=1S/C9H7ClFIO/c10-5-4-8(13)6-2-1-3-7(11)9(6)12/h1-3H,4-5H2. The lowest BCUT2D eigenvalue weighted by Crippen LogP contribution is -2.03. The van der Waals surface area contributed by atoms with Crippen molar-refractivity contribution in [3.05, 3.63) is 33.1 Å². The molecule has 1 nitrogen and oxygen atoms in total. The highest BCUT2D eigenvalue weighted by molar-refractivity contribution is 14.1. The highest BCUT2D eigenvalue weighted by Gasteiger charge is 2.11. The molecule has 0 saturated heterocycles. The minimum atomic E-state index is -0.360. The van der Waals surface area contributed by atoms with Crippen LogP contribution in [0.1, 0.15) is 16.8 Å². The average Bonchev–Trinajstić information content (AvgIpc) is 2.10. The van der Waals surface area contributed by atoms with Crippen molar-refractivity contribution in [2.75, 3.05) is 5.88 Å². The maximum absolute atomic E-state index is 13.0. The number of ketones is 1. The molecule has 1 rings (SSSR count). The van der Waals surface area contributed by atoms with E-state index in [9.17, 15) is 9.18 Å². The zero-order chi connectivity index (χ0) is 9.84. The van der Waals surface area contributed by atoms with Gasteiger partial charge >= 0.3 is 0 Å². The van der Waals surface area contributed by atoms with Gasteiger partial charge in [-0.25, -0.2) is 4.39 Å². The molecule has 0 aromatic heterocycles. The Hall–Kier alpha value is -0.160. The Morgan fingerprint density at radius 3 is 2.85 bits per heavy atom. The van der Waals surface area contributed by atoms with Crippen LogP contribution in [0.15, 0.2) is 18.2 Å². The lowest BCUT2D eigenvalue weighted by molar-refractivity contribution is 0.0988. The van der Waals surface area contributed by atoms with Gasteiger partial charge in [0.05, 0.1) is 3.57 Å². The molecule has 0 saturated carbocycles. The van der Waals surface area contributed by atoms with Gasteiger partial charge in [0.2, 0.25) is 0 Å². The topological polar surface area (TPSA) is 17.1 Å². The molecule has 0 N–H and O–H groups in total. The van der Waals surface area contributed by atoms with Crippen LogP contribution >= 0.6 is 34.2 Å². The van der Waals surface area contributed by atoms with E-state index in [-0.39, 0.29) is 23.9 Å². The van der Waals surface area contributed by atoms with Crippen LogP contribution in [0.2, 0.25) is 0 Å². The van der Waals surface area contributed by atoms with Crippen molar-refractivity contribution < 1.29 is 9.18 Å². The molecule has 0 bridgehead atoms. The number of carbonyl (C=O) groups excluding carboxylic acids is 1. The predicted octanol–water partition coefficient (Wildman–Crippen LogP) is 3.24. The van der Waals surface area contributed by atoms with Crippen LogP contribution in [0.25, 0.3) is 0 Å². The van der Waals surface area contributed by atoms with Crippen molar-refractivity contribution in [2.45, 2.75) is 6.42 Å². The monoisotopic (exact) mass is 312 g/mol. The SMILES string of the molecule is O=C(CCCl)c1cccc(F)c1I. The van der Waals surface area contributed by atoms with Crippen molar-refractivity contribution in [1.82, 2.24) is 0 Å². The molecule has 0 fully saturated rings. The Balaban J connectivity index is 3.01. The molecule has 1 aromatic carbocycles. The minimum Gasteiger partial charge on any atom is -0.294 e. The molecular weight excluding hydrogens is 305 g/mol. The Morgan fingerprint density at radius 1 is 1.54 bits per heavy atom. The van der Waals surface area contributed by atoms with E-state index in [0.717, 1.165) is 0 Å². The zero-order valence-electron chi connectivity index (χ0n) is 6.69. The van der Waals surface area contributed by atoms with Crippen LogP contribution < -0.4 is 0 Å². The van der Waals surface area contributed by atoms with Crippen LogP contribution in [0.5, 0.6) is 0 Å². The van der Waals surface area contributed by atoms with Crippen molar-refractivity contribution >= 4 is 40.0 Å². The number of rotatable bonds is 3. The largest absolute Gasteiger partial charge is 0.294 e. The second-order valence-corrected chi connectivity index (χ2v) is 3.92. The summed E-state index contributed by atoms with van der Waals surface area (Å²) in [5, 5.41) is 0. The summed E-state index contributed by atoms with van der Waals surface area (Å²) in [5.41, 5.74) is 0.418. The quantitative estimate of drug-likeness (QED) is 0.476. The van der Waals surface area contributed by atoms with E-state index < -0.39 is 0 Å². The molecule has 0 aliphatic carbocycles. The Labute approximate surface area is 94.4 Å². The number of carbonyl (C=O) groups is 1. The molecule has 0 atom stereocenters. The van der Waals surface area contributed by atoms with Gasteiger partial charge in [-0.3, -0.25) is 4.79 Å². The molecule has 0 aliphatic rings. The summed E-state index contributed by atoms with van der Waals surface area (Å²) < 4.78 is 13.4. The fourth-order valence-electron chi connectivity index (χ4n) is 0.940. The zero-order valence-corrected chi connectivity index (χ0v) is 9.60. The first-order valence-corrected chi connectivity index (χ1v) is 5.31. The highest BCUT2D eigenvalue weighted by atomic mass is 127. The first-order chi connectivity index (χ1) is 6.16. The number of hydrogen-bond acceptors (Lipinski definition) is 1. The second kappa shape index (κ2) is 4.91. The minimum absolute atomic E-state index is 0.112. The molecule has 70 valence electrons. The summed E-state index contributed by atoms with van der Waals surface area (Å²) in [7, 11) is 0. The Bertz CT molecular complexity index is 327. The van der Waals surface area contributed by atoms with Gasteiger partial charge in [0.1, 0.15) is 5.82 Å². The van der Waals surface area contributed by atoms with Gasteiger partial charge in [-0.05, 0) is 28.7 Å². The molecular formula is C9H7ClFIO. The summed E-state index contributed by atoms with van der Waals surface area (Å²) in [4.78, 5) is 11.4. The summed E-state index contributed by atoms with van der Waals surface area (Å²) in [6, 6.07) is 4.47. The normalized spacial score (nSPS) is 10.1. The van der Waals surface area contributed by atoms with Gasteiger partial charge in [-0.1, -0.05) is 12.1 Å². The van der Waals surface area contributed by atoms with E-state index >= 15 is 0 Å². The van der Waals surface area contributed by atoms with E-state index in [0.29, 0.717) is 9.13 Å². The van der Waals surface area contributed by atoms with E-state index in [1.807, 2.05) is 22.6 Å². The maximum Gasteiger partial charge on any atom is 0.165 e. The number of alkyl halides is 1. The maximum atomic E-state index is 13.0. The average molecular weight is 313 g/mol. The highest BCUT2D eigenvalue weighted by Crippen LogP contribution is 2.17. The van der Waals surface area contributed by atoms with Gasteiger partial charge in [0.25, 0.3) is 0 Å². The summed E-state index contributed by atoms with van der Waals surface area (Å²) in [5.74, 6) is -0.203. The van der Waals surface area contributed by atoms with Gasteiger partial charge in [0, 0.05) is 17.9 Å². The third kappa shape index (κ3) is 2.64. The molecule has 0 amide bonds. The first kappa shape index (κ1) is 10.9. The van der Waals surface area contributed by atoms with Crippen LogP contribution in [0.4, 0.5) is 4.39 Å². The third-order valence-electron chi connectivity index (χ3n) is 1.57. The fraction of sp³-hybridized carbons (Fsp3) is 0.222. The van der Waals surface area contributed by atoms with Gasteiger partial charge in [-0.2, -0.15) is 0 Å². The number of benzene rings is 1. The van der Waals surface area contributed by atoms with E-state index in [2.05, 4.69) is 0 Å². The van der Waals surface area contributed by atoms with Crippen molar-refractivity contribution in [3.63, 3.8) is 0 Å². The molecule has 0 heterocycles.